The Labute approximate surface area is 115 Å². The number of nitrogens with zero attached hydrogens (tertiary/aromatic N) is 3. The first-order valence-electron chi connectivity index (χ1n) is 7.03. The van der Waals surface area contributed by atoms with Gasteiger partial charge in [-0.3, -0.25) is 4.68 Å². The lowest BCUT2D eigenvalue weighted by Crippen LogP contribution is -2.22. The van der Waals surface area contributed by atoms with E-state index < -0.39 is 0 Å². The molecule has 1 aromatic carbocycles. The Balaban J connectivity index is 2.12. The summed E-state index contributed by atoms with van der Waals surface area (Å²) in [7, 11) is 4.16. The number of nitrogens with one attached hydrogen (secondary N) is 1. The van der Waals surface area contributed by atoms with Gasteiger partial charge in [0, 0.05) is 18.5 Å². The summed E-state index contributed by atoms with van der Waals surface area (Å²) in [4.78, 5) is 2.34. The van der Waals surface area contributed by atoms with Crippen LogP contribution in [0.4, 0.5) is 0 Å². The first-order chi connectivity index (χ1) is 9.26. The van der Waals surface area contributed by atoms with Crippen molar-refractivity contribution >= 4 is 10.9 Å². The summed E-state index contributed by atoms with van der Waals surface area (Å²) in [6.07, 6.45) is 1.17. The summed E-state index contributed by atoms with van der Waals surface area (Å²) < 4.78 is 2.09. The molecule has 1 heterocycles. The van der Waals surface area contributed by atoms with Crippen LogP contribution in [-0.4, -0.2) is 41.9 Å². The zero-order valence-corrected chi connectivity index (χ0v) is 12.2. The number of aryl methyl sites for hydroxylation is 1. The Morgan fingerprint density at radius 2 is 2.11 bits per heavy atom. The molecule has 0 saturated heterocycles. The van der Waals surface area contributed by atoms with Crippen molar-refractivity contribution in [1.29, 1.82) is 0 Å². The second-order valence-electron chi connectivity index (χ2n) is 4.97. The quantitative estimate of drug-likeness (QED) is 0.774. The molecular weight excluding hydrogens is 236 g/mol. The van der Waals surface area contributed by atoms with E-state index in [-0.39, 0.29) is 0 Å². The van der Waals surface area contributed by atoms with Gasteiger partial charge in [0.05, 0.1) is 11.2 Å². The number of hydrogen-bond donors (Lipinski definition) is 1. The van der Waals surface area contributed by atoms with Crippen LogP contribution in [0.2, 0.25) is 0 Å². The predicted molar refractivity (Wildman–Crippen MR) is 80.3 cm³/mol. The zero-order valence-electron chi connectivity index (χ0n) is 12.2. The van der Waals surface area contributed by atoms with Crippen molar-refractivity contribution in [2.45, 2.75) is 26.4 Å². The first-order valence-corrected chi connectivity index (χ1v) is 7.03. The molecule has 0 aliphatic rings. The van der Waals surface area contributed by atoms with E-state index >= 15 is 0 Å². The van der Waals surface area contributed by atoms with Crippen LogP contribution in [0.25, 0.3) is 10.9 Å². The molecule has 2 aromatic rings. The molecule has 0 spiro atoms. The molecule has 0 atom stereocenters. The minimum Gasteiger partial charge on any atom is -0.320 e. The third kappa shape index (κ3) is 3.33. The minimum absolute atomic E-state index is 0.914. The van der Waals surface area contributed by atoms with Crippen LogP contribution in [0.5, 0.6) is 0 Å². The summed E-state index contributed by atoms with van der Waals surface area (Å²) in [6, 6.07) is 8.49. The SMILES string of the molecule is CCn1nc(CN(C)CCCNC)c2ccccc21. The van der Waals surface area contributed by atoms with Crippen LogP contribution in [-0.2, 0) is 13.1 Å². The summed E-state index contributed by atoms with van der Waals surface area (Å²) >= 11 is 0. The van der Waals surface area contributed by atoms with E-state index in [4.69, 9.17) is 5.10 Å². The lowest BCUT2D eigenvalue weighted by atomic mass is 10.2. The van der Waals surface area contributed by atoms with Gasteiger partial charge in [-0.25, -0.2) is 0 Å². The average Bonchev–Trinajstić information content (AvgIpc) is 2.77. The molecule has 104 valence electrons. The summed E-state index contributed by atoms with van der Waals surface area (Å²) in [6.45, 7) is 6.13. The fourth-order valence-electron chi connectivity index (χ4n) is 2.41. The van der Waals surface area contributed by atoms with Crippen molar-refractivity contribution < 1.29 is 0 Å². The largest absolute Gasteiger partial charge is 0.320 e. The third-order valence-electron chi connectivity index (χ3n) is 3.42. The highest BCUT2D eigenvalue weighted by molar-refractivity contribution is 5.81. The van der Waals surface area contributed by atoms with Gasteiger partial charge in [0.2, 0.25) is 0 Å². The fraction of sp³-hybridized carbons (Fsp3) is 0.533. The van der Waals surface area contributed by atoms with Crippen LogP contribution in [0.3, 0.4) is 0 Å². The van der Waals surface area contributed by atoms with E-state index in [0.717, 1.165) is 26.2 Å². The Hall–Kier alpha value is -1.39. The molecule has 0 aliphatic carbocycles. The lowest BCUT2D eigenvalue weighted by molar-refractivity contribution is 0.317. The van der Waals surface area contributed by atoms with Gasteiger partial charge in [-0.2, -0.15) is 5.10 Å². The predicted octanol–water partition coefficient (Wildman–Crippen LogP) is 2.10. The maximum atomic E-state index is 4.74. The number of fused-ring (bicyclic) bond motifs is 1. The molecule has 0 unspecified atom stereocenters. The maximum Gasteiger partial charge on any atom is 0.0843 e. The van der Waals surface area contributed by atoms with Crippen molar-refractivity contribution in [3.63, 3.8) is 0 Å². The highest BCUT2D eigenvalue weighted by Crippen LogP contribution is 2.19. The molecular formula is C15H24N4. The molecule has 0 radical (unpaired) electrons. The average molecular weight is 260 g/mol. The summed E-state index contributed by atoms with van der Waals surface area (Å²) in [5, 5.41) is 9.20. The summed E-state index contributed by atoms with van der Waals surface area (Å²) in [5.74, 6) is 0. The van der Waals surface area contributed by atoms with E-state index in [1.165, 1.54) is 23.0 Å². The molecule has 4 heteroatoms. The van der Waals surface area contributed by atoms with Crippen molar-refractivity contribution in [3.05, 3.63) is 30.0 Å². The van der Waals surface area contributed by atoms with E-state index in [0.29, 0.717) is 0 Å². The number of hydrogen-bond acceptors (Lipinski definition) is 3. The van der Waals surface area contributed by atoms with Crippen molar-refractivity contribution in [1.82, 2.24) is 20.0 Å². The molecule has 0 aliphatic heterocycles. The molecule has 19 heavy (non-hydrogen) atoms. The van der Waals surface area contributed by atoms with Crippen LogP contribution in [0.15, 0.2) is 24.3 Å². The van der Waals surface area contributed by atoms with Gasteiger partial charge in [-0.05, 0) is 46.6 Å². The van der Waals surface area contributed by atoms with Gasteiger partial charge in [0.25, 0.3) is 0 Å². The molecule has 0 amide bonds. The van der Waals surface area contributed by atoms with Gasteiger partial charge < -0.3 is 10.2 Å². The monoisotopic (exact) mass is 260 g/mol. The minimum atomic E-state index is 0.914. The van der Waals surface area contributed by atoms with Crippen LogP contribution in [0.1, 0.15) is 19.0 Å². The summed E-state index contributed by atoms with van der Waals surface area (Å²) in [5.41, 5.74) is 2.42. The van der Waals surface area contributed by atoms with Crippen molar-refractivity contribution in [3.8, 4) is 0 Å². The standard InChI is InChI=1S/C15H24N4/c1-4-19-15-9-6-5-8-13(15)14(17-19)12-18(3)11-7-10-16-2/h5-6,8-9,16H,4,7,10-12H2,1-3H3. The molecule has 0 bridgehead atoms. The van der Waals surface area contributed by atoms with Crippen LogP contribution < -0.4 is 5.32 Å². The van der Waals surface area contributed by atoms with Crippen LogP contribution in [0, 0.1) is 0 Å². The molecule has 0 saturated carbocycles. The molecule has 1 N–H and O–H groups in total. The Bertz CT molecular complexity index is 518. The zero-order chi connectivity index (χ0) is 13.7. The van der Waals surface area contributed by atoms with E-state index in [1.54, 1.807) is 0 Å². The normalized spacial score (nSPS) is 11.6. The topological polar surface area (TPSA) is 33.1 Å². The number of para-hydroxylation sites is 1. The van der Waals surface area contributed by atoms with Crippen molar-refractivity contribution in [2.75, 3.05) is 27.2 Å². The molecule has 0 fully saturated rings. The Kier molecular flexibility index (Phi) is 4.93. The highest BCUT2D eigenvalue weighted by atomic mass is 15.3. The Morgan fingerprint density at radius 3 is 2.84 bits per heavy atom. The van der Waals surface area contributed by atoms with Gasteiger partial charge in [-0.1, -0.05) is 18.2 Å². The highest BCUT2D eigenvalue weighted by Gasteiger charge is 2.10. The molecule has 1 aromatic heterocycles. The first kappa shape index (κ1) is 14.0. The molecule has 2 rings (SSSR count). The number of benzene rings is 1. The van der Waals surface area contributed by atoms with Crippen molar-refractivity contribution in [2.24, 2.45) is 0 Å². The number of aromatic nitrogens is 2. The lowest BCUT2D eigenvalue weighted by Gasteiger charge is -2.15. The number of rotatable bonds is 7. The van der Waals surface area contributed by atoms with E-state index in [9.17, 15) is 0 Å². The fourth-order valence-corrected chi connectivity index (χ4v) is 2.41. The van der Waals surface area contributed by atoms with E-state index in [1.807, 2.05) is 7.05 Å². The van der Waals surface area contributed by atoms with Gasteiger partial charge in [0.1, 0.15) is 0 Å². The van der Waals surface area contributed by atoms with Gasteiger partial charge in [0.15, 0.2) is 0 Å². The van der Waals surface area contributed by atoms with E-state index in [2.05, 4.69) is 53.1 Å². The smallest absolute Gasteiger partial charge is 0.0843 e. The van der Waals surface area contributed by atoms with Gasteiger partial charge >= 0.3 is 0 Å². The second kappa shape index (κ2) is 6.68. The third-order valence-corrected chi connectivity index (χ3v) is 3.42. The van der Waals surface area contributed by atoms with Crippen LogP contribution >= 0.6 is 0 Å². The second-order valence-corrected chi connectivity index (χ2v) is 4.97. The Morgan fingerprint density at radius 1 is 1.32 bits per heavy atom. The molecule has 4 nitrogen and oxygen atoms in total. The van der Waals surface area contributed by atoms with Gasteiger partial charge in [-0.15, -0.1) is 0 Å². The maximum absolute atomic E-state index is 4.74.